The smallest absolute Gasteiger partial charge is 0.119 e. The number of rotatable bonds is 5. The molecule has 2 aromatic rings. The molecule has 1 aliphatic rings. The molecule has 0 spiro atoms. The number of hydrogen-bond acceptors (Lipinski definition) is 2. The van der Waals surface area contributed by atoms with Crippen molar-refractivity contribution in [2.45, 2.75) is 56.4 Å². The molecule has 0 aliphatic heterocycles. The van der Waals surface area contributed by atoms with Crippen molar-refractivity contribution in [3.8, 4) is 5.75 Å². The molecule has 2 aromatic carbocycles. The summed E-state index contributed by atoms with van der Waals surface area (Å²) in [6, 6.07) is 16.9. The Hall–Kier alpha value is -1.41. The van der Waals surface area contributed by atoms with Crippen molar-refractivity contribution in [1.82, 2.24) is 0 Å². The molecule has 0 aromatic heterocycles. The minimum Gasteiger partial charge on any atom is -0.489 e. The monoisotopic (exact) mass is 326 g/mol. The highest BCUT2D eigenvalue weighted by Gasteiger charge is 2.20. The Balaban J connectivity index is 1.54. The van der Waals surface area contributed by atoms with Gasteiger partial charge in [0, 0.05) is 4.90 Å². The molecular weight excluding hydrogens is 300 g/mol. The molecule has 3 rings (SSSR count). The van der Waals surface area contributed by atoms with E-state index in [0.717, 1.165) is 22.5 Å². The molecule has 2 heteroatoms. The number of benzene rings is 2. The van der Waals surface area contributed by atoms with Crippen molar-refractivity contribution in [2.75, 3.05) is 0 Å². The second-order valence-electron chi connectivity index (χ2n) is 6.65. The SMILES string of the molecule is CCC1CCC(c2ccc(COc3ccc(S)cc3)cc2)CC1. The zero-order valence-electron chi connectivity index (χ0n) is 13.9. The van der Waals surface area contributed by atoms with E-state index >= 15 is 0 Å². The van der Waals surface area contributed by atoms with Crippen molar-refractivity contribution >= 4 is 12.6 Å². The predicted octanol–water partition coefficient (Wildman–Crippen LogP) is 6.24. The van der Waals surface area contributed by atoms with E-state index in [1.807, 2.05) is 24.3 Å². The summed E-state index contributed by atoms with van der Waals surface area (Å²) >= 11 is 4.29. The lowest BCUT2D eigenvalue weighted by atomic mass is 9.78. The highest BCUT2D eigenvalue weighted by atomic mass is 32.1. The lowest BCUT2D eigenvalue weighted by molar-refractivity contribution is 0.305. The molecule has 0 radical (unpaired) electrons. The third-order valence-electron chi connectivity index (χ3n) is 5.12. The average Bonchev–Trinajstić information content (AvgIpc) is 2.62. The maximum absolute atomic E-state index is 5.83. The number of thiol groups is 1. The van der Waals surface area contributed by atoms with Crippen LogP contribution in [0, 0.1) is 5.92 Å². The molecule has 0 atom stereocenters. The summed E-state index contributed by atoms with van der Waals surface area (Å²) in [5.41, 5.74) is 2.73. The first-order chi connectivity index (χ1) is 11.2. The van der Waals surface area contributed by atoms with Gasteiger partial charge in [0.1, 0.15) is 12.4 Å². The second-order valence-corrected chi connectivity index (χ2v) is 7.17. The van der Waals surface area contributed by atoms with Crippen LogP contribution in [-0.4, -0.2) is 0 Å². The van der Waals surface area contributed by atoms with Crippen LogP contribution in [0.4, 0.5) is 0 Å². The van der Waals surface area contributed by atoms with Crippen LogP contribution in [-0.2, 0) is 6.61 Å². The van der Waals surface area contributed by atoms with Gasteiger partial charge in [-0.1, -0.05) is 37.6 Å². The van der Waals surface area contributed by atoms with E-state index in [4.69, 9.17) is 4.74 Å². The van der Waals surface area contributed by atoms with Crippen molar-refractivity contribution in [3.63, 3.8) is 0 Å². The van der Waals surface area contributed by atoms with Crippen molar-refractivity contribution in [1.29, 1.82) is 0 Å². The van der Waals surface area contributed by atoms with Crippen LogP contribution in [0.3, 0.4) is 0 Å². The molecule has 1 aliphatic carbocycles. The van der Waals surface area contributed by atoms with Gasteiger partial charge in [0.2, 0.25) is 0 Å². The summed E-state index contributed by atoms with van der Waals surface area (Å²) in [6.07, 6.45) is 6.84. The normalized spacial score (nSPS) is 21.1. The Bertz CT molecular complexity index is 595. The molecule has 1 fully saturated rings. The number of ether oxygens (including phenoxy) is 1. The van der Waals surface area contributed by atoms with Crippen LogP contribution in [0.5, 0.6) is 5.75 Å². The van der Waals surface area contributed by atoms with Crippen LogP contribution in [0.2, 0.25) is 0 Å². The predicted molar refractivity (Wildman–Crippen MR) is 99.5 cm³/mol. The lowest BCUT2D eigenvalue weighted by Crippen LogP contribution is -2.12. The topological polar surface area (TPSA) is 9.23 Å². The van der Waals surface area contributed by atoms with Crippen LogP contribution in [0.1, 0.15) is 56.1 Å². The molecule has 0 heterocycles. The Morgan fingerprint density at radius 3 is 2.17 bits per heavy atom. The van der Waals surface area contributed by atoms with Crippen LogP contribution in [0.15, 0.2) is 53.4 Å². The van der Waals surface area contributed by atoms with E-state index in [1.54, 1.807) is 0 Å². The first-order valence-corrected chi connectivity index (χ1v) is 9.20. The Morgan fingerprint density at radius 1 is 0.913 bits per heavy atom. The third kappa shape index (κ3) is 4.54. The van der Waals surface area contributed by atoms with E-state index in [9.17, 15) is 0 Å². The highest BCUT2D eigenvalue weighted by molar-refractivity contribution is 7.80. The molecule has 23 heavy (non-hydrogen) atoms. The van der Waals surface area contributed by atoms with Gasteiger partial charge >= 0.3 is 0 Å². The summed E-state index contributed by atoms with van der Waals surface area (Å²) < 4.78 is 5.83. The van der Waals surface area contributed by atoms with E-state index < -0.39 is 0 Å². The lowest BCUT2D eigenvalue weighted by Gasteiger charge is -2.28. The van der Waals surface area contributed by atoms with Crippen molar-refractivity contribution in [2.24, 2.45) is 5.92 Å². The van der Waals surface area contributed by atoms with Crippen molar-refractivity contribution < 1.29 is 4.74 Å². The van der Waals surface area contributed by atoms with Crippen LogP contribution in [0.25, 0.3) is 0 Å². The first kappa shape index (κ1) is 16.4. The summed E-state index contributed by atoms with van der Waals surface area (Å²) in [6.45, 7) is 2.94. The Labute approximate surface area is 145 Å². The Kier molecular flexibility index (Phi) is 5.66. The van der Waals surface area contributed by atoms with Gasteiger partial charge in [-0.15, -0.1) is 12.6 Å². The fraction of sp³-hybridized carbons (Fsp3) is 0.429. The molecule has 0 bridgehead atoms. The van der Waals surface area contributed by atoms with Gasteiger partial charge in [-0.05, 0) is 72.9 Å². The molecule has 1 saturated carbocycles. The van der Waals surface area contributed by atoms with E-state index in [-0.39, 0.29) is 0 Å². The fourth-order valence-corrected chi connectivity index (χ4v) is 3.65. The first-order valence-electron chi connectivity index (χ1n) is 8.75. The maximum Gasteiger partial charge on any atom is 0.119 e. The summed E-state index contributed by atoms with van der Waals surface area (Å²) in [5, 5.41) is 0. The van der Waals surface area contributed by atoms with Gasteiger partial charge in [0.15, 0.2) is 0 Å². The zero-order valence-corrected chi connectivity index (χ0v) is 14.8. The fourth-order valence-electron chi connectivity index (χ4n) is 3.50. The second kappa shape index (κ2) is 7.92. The van der Waals surface area contributed by atoms with Gasteiger partial charge in [0.05, 0.1) is 0 Å². The molecule has 0 unspecified atom stereocenters. The minimum atomic E-state index is 0.620. The third-order valence-corrected chi connectivity index (χ3v) is 5.42. The Morgan fingerprint density at radius 2 is 1.57 bits per heavy atom. The quantitative estimate of drug-likeness (QED) is 0.640. The van der Waals surface area contributed by atoms with Gasteiger partial charge < -0.3 is 4.74 Å². The van der Waals surface area contributed by atoms with E-state index in [1.165, 1.54) is 43.2 Å². The largest absolute Gasteiger partial charge is 0.489 e. The van der Waals surface area contributed by atoms with E-state index in [2.05, 4.69) is 43.8 Å². The van der Waals surface area contributed by atoms with Gasteiger partial charge in [-0.2, -0.15) is 0 Å². The number of hydrogen-bond donors (Lipinski definition) is 1. The molecule has 122 valence electrons. The maximum atomic E-state index is 5.83. The summed E-state index contributed by atoms with van der Waals surface area (Å²) in [7, 11) is 0. The highest BCUT2D eigenvalue weighted by Crippen LogP contribution is 2.36. The summed E-state index contributed by atoms with van der Waals surface area (Å²) in [4.78, 5) is 0.958. The van der Waals surface area contributed by atoms with E-state index in [0.29, 0.717) is 6.61 Å². The van der Waals surface area contributed by atoms with Crippen molar-refractivity contribution in [3.05, 3.63) is 59.7 Å². The summed E-state index contributed by atoms with van der Waals surface area (Å²) in [5.74, 6) is 2.61. The zero-order chi connectivity index (χ0) is 16.1. The van der Waals surface area contributed by atoms with Crippen LogP contribution < -0.4 is 4.74 Å². The minimum absolute atomic E-state index is 0.620. The average molecular weight is 327 g/mol. The molecule has 1 nitrogen and oxygen atoms in total. The van der Waals surface area contributed by atoms with Crippen LogP contribution >= 0.6 is 12.6 Å². The van der Waals surface area contributed by atoms with Gasteiger partial charge in [0.25, 0.3) is 0 Å². The molecule has 0 saturated heterocycles. The molecule has 0 amide bonds. The molecule has 0 N–H and O–H groups in total. The van der Waals surface area contributed by atoms with Gasteiger partial charge in [-0.3, -0.25) is 0 Å². The molecular formula is C21H26OS. The van der Waals surface area contributed by atoms with Gasteiger partial charge in [-0.25, -0.2) is 0 Å². The standard InChI is InChI=1S/C21H26OS/c1-2-16-3-7-18(8-4-16)19-9-5-17(6-10-19)15-22-20-11-13-21(23)14-12-20/h5-6,9-14,16,18,23H,2-4,7-8,15H2,1H3.